The third-order valence-corrected chi connectivity index (χ3v) is 1.63. The lowest BCUT2D eigenvalue weighted by Gasteiger charge is -1.95. The van der Waals surface area contributed by atoms with Gasteiger partial charge in [-0.1, -0.05) is 35.6 Å². The monoisotopic (exact) mass is 186 g/mol. The molecule has 0 spiro atoms. The summed E-state index contributed by atoms with van der Waals surface area (Å²) in [5, 5.41) is 9.43. The van der Waals surface area contributed by atoms with Crippen LogP contribution in [0.15, 0.2) is 42.0 Å². The maximum Gasteiger partial charge on any atom is 0.133 e. The normalized spacial score (nSPS) is 11.1. The van der Waals surface area contributed by atoms with Crippen LogP contribution in [0.3, 0.4) is 0 Å². The van der Waals surface area contributed by atoms with Crippen LogP contribution in [-0.2, 0) is 0 Å². The zero-order valence-electron chi connectivity index (χ0n) is 8.49. The van der Waals surface area contributed by atoms with Crippen molar-refractivity contribution >= 4 is 0 Å². The van der Waals surface area contributed by atoms with Crippen molar-refractivity contribution in [2.24, 2.45) is 0 Å². The molecule has 1 nitrogen and oxygen atoms in total. The number of hydrogen-bond donors (Lipinski definition) is 1. The van der Waals surface area contributed by atoms with Gasteiger partial charge in [0.05, 0.1) is 0 Å². The summed E-state index contributed by atoms with van der Waals surface area (Å²) in [6.07, 6.45) is 1.07. The van der Waals surface area contributed by atoms with Crippen molar-refractivity contribution in [1.29, 1.82) is 0 Å². The zero-order valence-corrected chi connectivity index (χ0v) is 8.49. The average Bonchev–Trinajstić information content (AvgIpc) is 2.15. The maximum atomic E-state index is 9.43. The van der Waals surface area contributed by atoms with E-state index < -0.39 is 6.10 Å². The highest BCUT2D eigenvalue weighted by Crippen LogP contribution is 1.97. The highest BCUT2D eigenvalue weighted by Gasteiger charge is 1.91. The van der Waals surface area contributed by atoms with E-state index in [1.807, 2.05) is 44.2 Å². The third-order valence-electron chi connectivity index (χ3n) is 1.63. The molecule has 0 aromatic heterocycles. The van der Waals surface area contributed by atoms with Crippen molar-refractivity contribution in [3.63, 3.8) is 0 Å². The van der Waals surface area contributed by atoms with Gasteiger partial charge in [-0.25, -0.2) is 0 Å². The van der Waals surface area contributed by atoms with Gasteiger partial charge in [0.25, 0.3) is 0 Å². The number of aliphatic hydroxyl groups is 1. The van der Waals surface area contributed by atoms with Crippen LogP contribution in [0.1, 0.15) is 19.4 Å². The summed E-state index contributed by atoms with van der Waals surface area (Å²) in [6, 6.07) is 9.64. The second-order valence-electron chi connectivity index (χ2n) is 3.32. The first kappa shape index (κ1) is 10.6. The van der Waals surface area contributed by atoms with Crippen molar-refractivity contribution in [2.45, 2.75) is 20.0 Å². The Balaban J connectivity index is 2.69. The molecule has 0 fully saturated rings. The van der Waals surface area contributed by atoms with E-state index in [1.165, 1.54) is 0 Å². The van der Waals surface area contributed by atoms with Crippen LogP contribution in [0.4, 0.5) is 0 Å². The molecule has 72 valence electrons. The predicted octanol–water partition coefficient (Wildman–Crippen LogP) is 2.37. The quantitative estimate of drug-likeness (QED) is 0.527. The van der Waals surface area contributed by atoms with Crippen LogP contribution in [-0.4, -0.2) is 11.2 Å². The molecule has 0 saturated carbocycles. The van der Waals surface area contributed by atoms with Gasteiger partial charge in [0.1, 0.15) is 6.10 Å². The first-order chi connectivity index (χ1) is 6.68. The van der Waals surface area contributed by atoms with E-state index in [1.54, 1.807) is 6.08 Å². The van der Waals surface area contributed by atoms with Gasteiger partial charge in [0.15, 0.2) is 0 Å². The molecule has 1 rings (SSSR count). The van der Waals surface area contributed by atoms with E-state index in [4.69, 9.17) is 0 Å². The number of benzene rings is 1. The topological polar surface area (TPSA) is 20.2 Å². The summed E-state index contributed by atoms with van der Waals surface area (Å²) in [6.45, 7) is 3.88. The van der Waals surface area contributed by atoms with Crippen LogP contribution >= 0.6 is 0 Å². The molecule has 0 radical (unpaired) electrons. The van der Waals surface area contributed by atoms with Crippen LogP contribution in [0.25, 0.3) is 0 Å². The molecule has 1 heteroatoms. The van der Waals surface area contributed by atoms with E-state index in [0.29, 0.717) is 0 Å². The van der Waals surface area contributed by atoms with Gasteiger partial charge in [-0.05, 0) is 32.1 Å². The Morgan fingerprint density at radius 1 is 1.29 bits per heavy atom. The van der Waals surface area contributed by atoms with E-state index in [0.717, 1.165) is 11.1 Å². The highest BCUT2D eigenvalue weighted by molar-refractivity contribution is 5.35. The summed E-state index contributed by atoms with van der Waals surface area (Å²) >= 11 is 0. The SMILES string of the molecule is CC(C)=CC(O)C#Cc1ccccc1. The lowest BCUT2D eigenvalue weighted by atomic mass is 10.2. The molecule has 14 heavy (non-hydrogen) atoms. The molecule has 0 aliphatic heterocycles. The van der Waals surface area contributed by atoms with E-state index >= 15 is 0 Å². The van der Waals surface area contributed by atoms with Crippen molar-refractivity contribution in [3.05, 3.63) is 47.5 Å². The second kappa shape index (κ2) is 5.26. The molecule has 1 N–H and O–H groups in total. The molecule has 1 atom stereocenters. The predicted molar refractivity (Wildman–Crippen MR) is 58.8 cm³/mol. The summed E-state index contributed by atoms with van der Waals surface area (Å²) in [4.78, 5) is 0. The van der Waals surface area contributed by atoms with Crippen LogP contribution in [0, 0.1) is 11.8 Å². The fraction of sp³-hybridized carbons (Fsp3) is 0.231. The van der Waals surface area contributed by atoms with Gasteiger partial charge in [0, 0.05) is 5.56 Å². The maximum absolute atomic E-state index is 9.43. The summed E-state index contributed by atoms with van der Waals surface area (Å²) in [5.41, 5.74) is 1.99. The summed E-state index contributed by atoms with van der Waals surface area (Å²) in [5.74, 6) is 5.66. The van der Waals surface area contributed by atoms with Crippen LogP contribution in [0.2, 0.25) is 0 Å². The Hall–Kier alpha value is -1.52. The number of aliphatic hydroxyl groups excluding tert-OH is 1. The number of rotatable bonds is 1. The van der Waals surface area contributed by atoms with Gasteiger partial charge in [-0.15, -0.1) is 0 Å². The van der Waals surface area contributed by atoms with E-state index in [-0.39, 0.29) is 0 Å². The fourth-order valence-corrected chi connectivity index (χ4v) is 1.04. The van der Waals surface area contributed by atoms with Crippen LogP contribution in [0.5, 0.6) is 0 Å². The summed E-state index contributed by atoms with van der Waals surface area (Å²) in [7, 11) is 0. The minimum Gasteiger partial charge on any atom is -0.377 e. The molecular weight excluding hydrogens is 172 g/mol. The van der Waals surface area contributed by atoms with Crippen molar-refractivity contribution in [2.75, 3.05) is 0 Å². The average molecular weight is 186 g/mol. The Kier molecular flexibility index (Phi) is 3.97. The zero-order chi connectivity index (χ0) is 10.4. The fourth-order valence-electron chi connectivity index (χ4n) is 1.04. The second-order valence-corrected chi connectivity index (χ2v) is 3.32. The molecule has 1 unspecified atom stereocenters. The molecular formula is C13H14O. The van der Waals surface area contributed by atoms with Gasteiger partial charge >= 0.3 is 0 Å². The highest BCUT2D eigenvalue weighted by atomic mass is 16.3. The van der Waals surface area contributed by atoms with E-state index in [2.05, 4.69) is 11.8 Å². The van der Waals surface area contributed by atoms with Gasteiger partial charge in [-0.2, -0.15) is 0 Å². The molecule has 1 aromatic carbocycles. The molecule has 0 heterocycles. The van der Waals surface area contributed by atoms with E-state index in [9.17, 15) is 5.11 Å². The Labute approximate surface area is 85.1 Å². The van der Waals surface area contributed by atoms with Crippen LogP contribution < -0.4 is 0 Å². The standard InChI is InChI=1S/C13H14O/c1-11(2)10-13(14)9-8-12-6-4-3-5-7-12/h3-7,10,13-14H,1-2H3. The Bertz CT molecular complexity index is 361. The molecule has 0 saturated heterocycles. The van der Waals surface area contributed by atoms with Gasteiger partial charge < -0.3 is 5.11 Å². The lowest BCUT2D eigenvalue weighted by Crippen LogP contribution is -1.97. The molecule has 0 aliphatic carbocycles. The Morgan fingerprint density at radius 2 is 1.93 bits per heavy atom. The Morgan fingerprint density at radius 3 is 2.50 bits per heavy atom. The van der Waals surface area contributed by atoms with Gasteiger partial charge in [-0.3, -0.25) is 0 Å². The summed E-state index contributed by atoms with van der Waals surface area (Å²) < 4.78 is 0. The number of hydrogen-bond acceptors (Lipinski definition) is 1. The molecule has 0 bridgehead atoms. The minimum absolute atomic E-state index is 0.666. The third kappa shape index (κ3) is 3.93. The molecule has 0 amide bonds. The number of allylic oxidation sites excluding steroid dienone is 1. The molecule has 0 aliphatic rings. The van der Waals surface area contributed by atoms with Crippen molar-refractivity contribution in [3.8, 4) is 11.8 Å². The largest absolute Gasteiger partial charge is 0.377 e. The van der Waals surface area contributed by atoms with Crippen molar-refractivity contribution < 1.29 is 5.11 Å². The first-order valence-electron chi connectivity index (χ1n) is 4.58. The first-order valence-corrected chi connectivity index (χ1v) is 4.58. The minimum atomic E-state index is -0.666. The van der Waals surface area contributed by atoms with Gasteiger partial charge in [0.2, 0.25) is 0 Å². The molecule has 1 aromatic rings. The lowest BCUT2D eigenvalue weighted by molar-refractivity contribution is 0.280. The van der Waals surface area contributed by atoms with Crippen molar-refractivity contribution in [1.82, 2.24) is 0 Å². The smallest absolute Gasteiger partial charge is 0.133 e.